The van der Waals surface area contributed by atoms with Gasteiger partial charge in [-0.2, -0.15) is 0 Å². The Morgan fingerprint density at radius 3 is 2.45 bits per heavy atom. The minimum atomic E-state index is 0.725. The Morgan fingerprint density at radius 1 is 1.14 bits per heavy atom. The summed E-state index contributed by atoms with van der Waals surface area (Å²) in [6.45, 7) is 5.34. The van der Waals surface area contributed by atoms with E-state index in [1.54, 1.807) is 7.11 Å². The van der Waals surface area contributed by atoms with Crippen LogP contribution >= 0.6 is 0 Å². The lowest BCUT2D eigenvalue weighted by Crippen LogP contribution is -2.37. The molecule has 22 heavy (non-hydrogen) atoms. The number of methoxy groups -OCH3 is 1. The second-order valence-electron chi connectivity index (χ2n) is 6.38. The molecule has 2 rings (SSSR count). The lowest BCUT2D eigenvalue weighted by atomic mass is 9.93. The first-order chi connectivity index (χ1) is 10.7. The van der Waals surface area contributed by atoms with Crippen molar-refractivity contribution < 1.29 is 9.47 Å². The summed E-state index contributed by atoms with van der Waals surface area (Å²) in [7, 11) is 6.00. The molecule has 0 radical (unpaired) electrons. The zero-order valence-corrected chi connectivity index (χ0v) is 14.3. The SMILES string of the molecule is COc1ccccc1OCCN1CCC(CCN(C)C)CC1. The highest BCUT2D eigenvalue weighted by atomic mass is 16.5. The molecule has 0 atom stereocenters. The molecule has 1 aliphatic heterocycles. The number of para-hydroxylation sites is 2. The minimum Gasteiger partial charge on any atom is -0.493 e. The van der Waals surface area contributed by atoms with Crippen molar-refractivity contribution in [2.45, 2.75) is 19.3 Å². The first-order valence-corrected chi connectivity index (χ1v) is 8.32. The van der Waals surface area contributed by atoms with E-state index in [4.69, 9.17) is 9.47 Å². The molecule has 0 bridgehead atoms. The molecular weight excluding hydrogens is 276 g/mol. The van der Waals surface area contributed by atoms with Gasteiger partial charge in [-0.15, -0.1) is 0 Å². The van der Waals surface area contributed by atoms with Crippen LogP contribution in [0.1, 0.15) is 19.3 Å². The fourth-order valence-electron chi connectivity index (χ4n) is 2.96. The maximum absolute atomic E-state index is 5.86. The smallest absolute Gasteiger partial charge is 0.161 e. The molecule has 0 N–H and O–H groups in total. The number of piperidine rings is 1. The normalized spacial score (nSPS) is 16.9. The predicted octanol–water partition coefficient (Wildman–Crippen LogP) is 2.74. The number of nitrogens with zero attached hydrogens (tertiary/aromatic N) is 2. The molecule has 1 saturated heterocycles. The molecule has 4 nitrogen and oxygen atoms in total. The molecule has 0 amide bonds. The average Bonchev–Trinajstić information content (AvgIpc) is 2.54. The second kappa shape index (κ2) is 9.01. The standard InChI is InChI=1S/C18H30N2O2/c1-19(2)11-8-16-9-12-20(13-10-16)14-15-22-18-7-5-4-6-17(18)21-3/h4-7,16H,8-15H2,1-3H3. The Kier molecular flexibility index (Phi) is 7.00. The fourth-order valence-corrected chi connectivity index (χ4v) is 2.96. The zero-order valence-electron chi connectivity index (χ0n) is 14.3. The summed E-state index contributed by atoms with van der Waals surface area (Å²) in [5.74, 6) is 2.55. The molecule has 4 heteroatoms. The Hall–Kier alpha value is -1.26. The molecule has 1 heterocycles. The van der Waals surface area contributed by atoms with Crippen molar-refractivity contribution in [1.29, 1.82) is 0 Å². The monoisotopic (exact) mass is 306 g/mol. The van der Waals surface area contributed by atoms with Gasteiger partial charge < -0.3 is 14.4 Å². The van der Waals surface area contributed by atoms with E-state index in [1.165, 1.54) is 38.9 Å². The summed E-state index contributed by atoms with van der Waals surface area (Å²) in [5, 5.41) is 0. The third-order valence-electron chi connectivity index (χ3n) is 4.43. The van der Waals surface area contributed by atoms with Crippen LogP contribution in [0.5, 0.6) is 11.5 Å². The molecule has 1 aromatic rings. The second-order valence-corrected chi connectivity index (χ2v) is 6.38. The number of ether oxygens (including phenoxy) is 2. The van der Waals surface area contributed by atoms with Crippen LogP contribution in [0.2, 0.25) is 0 Å². The van der Waals surface area contributed by atoms with Crippen LogP contribution in [0.15, 0.2) is 24.3 Å². The first kappa shape index (κ1) is 17.1. The molecule has 0 aromatic heterocycles. The van der Waals surface area contributed by atoms with Crippen LogP contribution in [0.3, 0.4) is 0 Å². The summed E-state index contributed by atoms with van der Waals surface area (Å²) in [6, 6.07) is 7.84. The lowest BCUT2D eigenvalue weighted by molar-refractivity contribution is 0.146. The van der Waals surface area contributed by atoms with Gasteiger partial charge in [0.25, 0.3) is 0 Å². The summed E-state index contributed by atoms with van der Waals surface area (Å²) < 4.78 is 11.2. The molecule has 0 aliphatic carbocycles. The Morgan fingerprint density at radius 2 is 1.82 bits per heavy atom. The van der Waals surface area contributed by atoms with E-state index >= 15 is 0 Å². The number of likely N-dealkylation sites (tertiary alicyclic amines) is 1. The highest BCUT2D eigenvalue weighted by Crippen LogP contribution is 2.26. The van der Waals surface area contributed by atoms with E-state index in [2.05, 4.69) is 23.9 Å². The van der Waals surface area contributed by atoms with Crippen LogP contribution < -0.4 is 9.47 Å². The van der Waals surface area contributed by atoms with Gasteiger partial charge in [-0.05, 0) is 71.0 Å². The maximum atomic E-state index is 5.86. The van der Waals surface area contributed by atoms with E-state index in [1.807, 2.05) is 24.3 Å². The van der Waals surface area contributed by atoms with Crippen LogP contribution in [-0.2, 0) is 0 Å². The number of rotatable bonds is 8. The van der Waals surface area contributed by atoms with Gasteiger partial charge >= 0.3 is 0 Å². The van der Waals surface area contributed by atoms with Crippen LogP contribution in [0.25, 0.3) is 0 Å². The summed E-state index contributed by atoms with van der Waals surface area (Å²) >= 11 is 0. The quantitative estimate of drug-likeness (QED) is 0.737. The van der Waals surface area contributed by atoms with Crippen molar-refractivity contribution in [1.82, 2.24) is 9.80 Å². The zero-order chi connectivity index (χ0) is 15.8. The highest BCUT2D eigenvalue weighted by Gasteiger charge is 2.19. The third-order valence-corrected chi connectivity index (χ3v) is 4.43. The van der Waals surface area contributed by atoms with Crippen molar-refractivity contribution in [2.75, 3.05) is 54.0 Å². The van der Waals surface area contributed by atoms with Gasteiger partial charge in [0.05, 0.1) is 7.11 Å². The Bertz CT molecular complexity index is 429. The fraction of sp³-hybridized carbons (Fsp3) is 0.667. The van der Waals surface area contributed by atoms with Gasteiger partial charge in [-0.25, -0.2) is 0 Å². The van der Waals surface area contributed by atoms with E-state index in [-0.39, 0.29) is 0 Å². The van der Waals surface area contributed by atoms with Crippen LogP contribution in [0, 0.1) is 5.92 Å². The van der Waals surface area contributed by atoms with Gasteiger partial charge in [0, 0.05) is 6.54 Å². The van der Waals surface area contributed by atoms with Gasteiger partial charge in [-0.3, -0.25) is 4.90 Å². The van der Waals surface area contributed by atoms with Crippen molar-refractivity contribution in [3.63, 3.8) is 0 Å². The third kappa shape index (κ3) is 5.50. The van der Waals surface area contributed by atoms with Crippen molar-refractivity contribution in [3.05, 3.63) is 24.3 Å². The van der Waals surface area contributed by atoms with Crippen LogP contribution in [0.4, 0.5) is 0 Å². The number of hydrogen-bond donors (Lipinski definition) is 0. The minimum absolute atomic E-state index is 0.725. The molecule has 0 unspecified atom stereocenters. The Labute approximate surface area is 135 Å². The van der Waals surface area contributed by atoms with E-state index < -0.39 is 0 Å². The van der Waals surface area contributed by atoms with E-state index in [0.29, 0.717) is 0 Å². The van der Waals surface area contributed by atoms with Gasteiger partial charge in [0.15, 0.2) is 11.5 Å². The van der Waals surface area contributed by atoms with Gasteiger partial charge in [0.1, 0.15) is 6.61 Å². The molecule has 0 spiro atoms. The van der Waals surface area contributed by atoms with Gasteiger partial charge in [-0.1, -0.05) is 12.1 Å². The van der Waals surface area contributed by atoms with E-state index in [9.17, 15) is 0 Å². The first-order valence-electron chi connectivity index (χ1n) is 8.32. The molecule has 1 fully saturated rings. The van der Waals surface area contributed by atoms with Crippen molar-refractivity contribution >= 4 is 0 Å². The molecule has 124 valence electrons. The van der Waals surface area contributed by atoms with Crippen molar-refractivity contribution in [3.8, 4) is 11.5 Å². The largest absolute Gasteiger partial charge is 0.493 e. The number of hydrogen-bond acceptors (Lipinski definition) is 4. The maximum Gasteiger partial charge on any atom is 0.161 e. The number of benzene rings is 1. The topological polar surface area (TPSA) is 24.9 Å². The lowest BCUT2D eigenvalue weighted by Gasteiger charge is -2.32. The molecule has 0 saturated carbocycles. The predicted molar refractivity (Wildman–Crippen MR) is 90.8 cm³/mol. The van der Waals surface area contributed by atoms with Crippen molar-refractivity contribution in [2.24, 2.45) is 5.92 Å². The van der Waals surface area contributed by atoms with E-state index in [0.717, 1.165) is 30.6 Å². The molecule has 1 aliphatic rings. The molecular formula is C18H30N2O2. The van der Waals surface area contributed by atoms with Gasteiger partial charge in [0.2, 0.25) is 0 Å². The molecule has 1 aromatic carbocycles. The summed E-state index contributed by atoms with van der Waals surface area (Å²) in [6.07, 6.45) is 3.98. The Balaban J connectivity index is 1.65. The summed E-state index contributed by atoms with van der Waals surface area (Å²) in [4.78, 5) is 4.80. The van der Waals surface area contributed by atoms with Crippen LogP contribution in [-0.4, -0.2) is 63.8 Å². The summed E-state index contributed by atoms with van der Waals surface area (Å²) in [5.41, 5.74) is 0. The highest BCUT2D eigenvalue weighted by molar-refractivity contribution is 5.39. The average molecular weight is 306 g/mol.